The summed E-state index contributed by atoms with van der Waals surface area (Å²) >= 11 is 0. The maximum atomic E-state index is 12.2. The lowest BCUT2D eigenvalue weighted by atomic mass is 9.99. The molecule has 0 aromatic carbocycles. The van der Waals surface area contributed by atoms with Crippen molar-refractivity contribution in [1.29, 1.82) is 0 Å². The number of hydrogen-bond acceptors (Lipinski definition) is 4. The summed E-state index contributed by atoms with van der Waals surface area (Å²) in [6, 6.07) is -0.808. The highest BCUT2D eigenvalue weighted by molar-refractivity contribution is 5.76. The maximum absolute atomic E-state index is 12.2. The lowest BCUT2D eigenvalue weighted by molar-refractivity contribution is -0.124. The molecule has 5 nitrogen and oxygen atoms in total. The zero-order chi connectivity index (χ0) is 27.4. The van der Waals surface area contributed by atoms with E-state index in [9.17, 15) is 20.1 Å². The normalized spacial score (nSPS) is 14.2. The molecule has 0 rings (SSSR count). The maximum Gasteiger partial charge on any atom is 0.220 e. The zero-order valence-corrected chi connectivity index (χ0v) is 24.6. The van der Waals surface area contributed by atoms with Crippen LogP contribution in [0.3, 0.4) is 0 Å². The lowest BCUT2D eigenvalue weighted by Gasteiger charge is -2.26. The van der Waals surface area contributed by atoms with Gasteiger partial charge in [-0.3, -0.25) is 4.79 Å². The van der Waals surface area contributed by atoms with Crippen molar-refractivity contribution in [2.75, 3.05) is 6.61 Å². The number of aliphatic hydroxyl groups excluding tert-OH is 3. The SMILES string of the molecule is CCCC/C=C\CCCCCCC(=O)NC(CO)C(O)C(O)CCCCCCCCCCCCCCC. The van der Waals surface area contributed by atoms with Crippen molar-refractivity contribution >= 4 is 5.91 Å². The van der Waals surface area contributed by atoms with Crippen LogP contribution in [0.2, 0.25) is 0 Å². The monoisotopic (exact) mass is 525 g/mol. The third kappa shape index (κ3) is 23.9. The number of amides is 1. The van der Waals surface area contributed by atoms with Crippen LogP contribution in [0.1, 0.15) is 162 Å². The van der Waals surface area contributed by atoms with Gasteiger partial charge in [0.1, 0.15) is 6.10 Å². The van der Waals surface area contributed by atoms with Crippen LogP contribution in [0.25, 0.3) is 0 Å². The largest absolute Gasteiger partial charge is 0.394 e. The lowest BCUT2D eigenvalue weighted by Crippen LogP contribution is -2.50. The third-order valence-corrected chi connectivity index (χ3v) is 7.37. The number of carbonyl (C=O) groups excluding carboxylic acids is 1. The van der Waals surface area contributed by atoms with Gasteiger partial charge in [0, 0.05) is 6.42 Å². The summed E-state index contributed by atoms with van der Waals surface area (Å²) < 4.78 is 0. The molecule has 0 aromatic heterocycles. The van der Waals surface area contributed by atoms with Gasteiger partial charge in [-0.1, -0.05) is 135 Å². The molecule has 0 aliphatic rings. The first-order chi connectivity index (χ1) is 18.1. The molecule has 0 bridgehead atoms. The van der Waals surface area contributed by atoms with E-state index in [2.05, 4.69) is 31.3 Å². The molecular weight excluding hydrogens is 462 g/mol. The average molecular weight is 526 g/mol. The fourth-order valence-corrected chi connectivity index (χ4v) is 4.79. The summed E-state index contributed by atoms with van der Waals surface area (Å²) in [6.45, 7) is 4.09. The van der Waals surface area contributed by atoms with Gasteiger partial charge in [0.15, 0.2) is 0 Å². The van der Waals surface area contributed by atoms with Gasteiger partial charge in [-0.2, -0.15) is 0 Å². The topological polar surface area (TPSA) is 89.8 Å². The summed E-state index contributed by atoms with van der Waals surface area (Å²) in [7, 11) is 0. The van der Waals surface area contributed by atoms with Crippen LogP contribution in [-0.4, -0.2) is 46.1 Å². The summed E-state index contributed by atoms with van der Waals surface area (Å²) in [6.07, 6.45) is 28.7. The van der Waals surface area contributed by atoms with Gasteiger partial charge < -0.3 is 20.6 Å². The van der Waals surface area contributed by atoms with Gasteiger partial charge in [-0.25, -0.2) is 0 Å². The van der Waals surface area contributed by atoms with Gasteiger partial charge in [-0.15, -0.1) is 0 Å². The number of nitrogens with one attached hydrogen (secondary N) is 1. The Kier molecular flexibility index (Phi) is 27.4. The van der Waals surface area contributed by atoms with Gasteiger partial charge in [-0.05, 0) is 32.1 Å². The minimum absolute atomic E-state index is 0.161. The van der Waals surface area contributed by atoms with Crippen molar-refractivity contribution in [3.05, 3.63) is 12.2 Å². The first-order valence-corrected chi connectivity index (χ1v) is 16.0. The molecule has 37 heavy (non-hydrogen) atoms. The van der Waals surface area contributed by atoms with Gasteiger partial charge in [0.25, 0.3) is 0 Å². The highest BCUT2D eigenvalue weighted by Gasteiger charge is 2.26. The number of carbonyl (C=O) groups is 1. The second kappa shape index (κ2) is 28.1. The van der Waals surface area contributed by atoms with E-state index >= 15 is 0 Å². The molecule has 3 unspecified atom stereocenters. The van der Waals surface area contributed by atoms with Crippen LogP contribution in [-0.2, 0) is 4.79 Å². The Balaban J connectivity index is 3.75. The van der Waals surface area contributed by atoms with E-state index in [1.165, 1.54) is 83.5 Å². The molecule has 0 heterocycles. The first kappa shape index (κ1) is 36.1. The Morgan fingerprint density at radius 1 is 0.649 bits per heavy atom. The summed E-state index contributed by atoms with van der Waals surface area (Å²) in [5.41, 5.74) is 0. The second-order valence-electron chi connectivity index (χ2n) is 11.0. The molecule has 1 amide bonds. The summed E-state index contributed by atoms with van der Waals surface area (Å²) in [4.78, 5) is 12.2. The van der Waals surface area contributed by atoms with E-state index in [1.807, 2.05) is 0 Å². The minimum Gasteiger partial charge on any atom is -0.394 e. The predicted octanol–water partition coefficient (Wildman–Crippen LogP) is 7.75. The van der Waals surface area contributed by atoms with Crippen molar-refractivity contribution in [2.45, 2.75) is 180 Å². The van der Waals surface area contributed by atoms with Crippen molar-refractivity contribution in [2.24, 2.45) is 0 Å². The fourth-order valence-electron chi connectivity index (χ4n) is 4.79. The van der Waals surface area contributed by atoms with Crippen molar-refractivity contribution < 1.29 is 20.1 Å². The van der Waals surface area contributed by atoms with Crippen LogP contribution in [0, 0.1) is 0 Å². The Bertz CT molecular complexity index is 511. The standard InChI is InChI=1S/C32H63NO4/c1-3-5-7-9-11-13-15-16-17-18-20-22-24-26-30(35)32(37)29(28-34)33-31(36)27-25-23-21-19-14-12-10-8-6-4-2/h10,12,29-30,32,34-35,37H,3-9,11,13-28H2,1-2H3,(H,33,36)/b12-10-. The van der Waals surface area contributed by atoms with Gasteiger partial charge >= 0.3 is 0 Å². The summed E-state index contributed by atoms with van der Waals surface area (Å²) in [5, 5.41) is 33.1. The summed E-state index contributed by atoms with van der Waals surface area (Å²) in [5.74, 6) is -0.161. The van der Waals surface area contributed by atoms with Crippen LogP contribution >= 0.6 is 0 Å². The van der Waals surface area contributed by atoms with Crippen molar-refractivity contribution in [3.63, 3.8) is 0 Å². The van der Waals surface area contributed by atoms with E-state index in [-0.39, 0.29) is 12.5 Å². The molecule has 0 saturated heterocycles. The first-order valence-electron chi connectivity index (χ1n) is 16.0. The molecule has 3 atom stereocenters. The van der Waals surface area contributed by atoms with Crippen LogP contribution < -0.4 is 5.32 Å². The van der Waals surface area contributed by atoms with Crippen LogP contribution in [0.15, 0.2) is 12.2 Å². The van der Waals surface area contributed by atoms with Crippen LogP contribution in [0.5, 0.6) is 0 Å². The van der Waals surface area contributed by atoms with Crippen LogP contribution in [0.4, 0.5) is 0 Å². The Hall–Kier alpha value is -0.910. The van der Waals surface area contributed by atoms with E-state index in [4.69, 9.17) is 0 Å². The fraction of sp³-hybridized carbons (Fsp3) is 0.906. The Labute approximate surface area is 229 Å². The van der Waals surface area contributed by atoms with Crippen molar-refractivity contribution in [1.82, 2.24) is 5.32 Å². The third-order valence-electron chi connectivity index (χ3n) is 7.37. The van der Waals surface area contributed by atoms with Gasteiger partial charge in [0.05, 0.1) is 18.8 Å². The minimum atomic E-state index is -1.13. The van der Waals surface area contributed by atoms with E-state index < -0.39 is 18.2 Å². The molecule has 0 aliphatic carbocycles. The molecule has 5 heteroatoms. The smallest absolute Gasteiger partial charge is 0.220 e. The highest BCUT2D eigenvalue weighted by Crippen LogP contribution is 2.15. The average Bonchev–Trinajstić information content (AvgIpc) is 2.90. The molecule has 0 saturated carbocycles. The number of allylic oxidation sites excluding steroid dienone is 2. The van der Waals surface area contributed by atoms with E-state index in [0.29, 0.717) is 12.8 Å². The molecular formula is C32H63NO4. The Morgan fingerprint density at radius 2 is 1.11 bits per heavy atom. The molecule has 0 spiro atoms. The number of aliphatic hydroxyl groups is 3. The highest BCUT2D eigenvalue weighted by atomic mass is 16.3. The quantitative estimate of drug-likeness (QED) is 0.0621. The molecule has 4 N–H and O–H groups in total. The number of rotatable bonds is 28. The molecule has 220 valence electrons. The Morgan fingerprint density at radius 3 is 1.65 bits per heavy atom. The van der Waals surface area contributed by atoms with E-state index in [1.54, 1.807) is 0 Å². The second-order valence-corrected chi connectivity index (χ2v) is 11.0. The number of unbranched alkanes of at least 4 members (excludes halogenated alkanes) is 18. The molecule has 0 fully saturated rings. The zero-order valence-electron chi connectivity index (χ0n) is 24.6. The van der Waals surface area contributed by atoms with Crippen molar-refractivity contribution in [3.8, 4) is 0 Å². The molecule has 0 aliphatic heterocycles. The molecule has 0 aromatic rings. The molecule has 0 radical (unpaired) electrons. The predicted molar refractivity (Wildman–Crippen MR) is 158 cm³/mol. The number of hydrogen-bond donors (Lipinski definition) is 4. The van der Waals surface area contributed by atoms with E-state index in [0.717, 1.165) is 51.4 Å². The van der Waals surface area contributed by atoms with Gasteiger partial charge in [0.2, 0.25) is 5.91 Å².